The fraction of sp³-hybridized carbons (Fsp3) is 0.667. The highest BCUT2D eigenvalue weighted by atomic mass is 32.2. The minimum atomic E-state index is -0.709. The number of aliphatic carboxylic acids is 1. The first-order valence-corrected chi connectivity index (χ1v) is 5.09. The Balaban J connectivity index is 3.79. The number of hydrogen-bond acceptors (Lipinski definition) is 2. The van der Waals surface area contributed by atoms with Crippen LogP contribution in [0.25, 0.3) is 0 Å². The van der Waals surface area contributed by atoms with E-state index in [9.17, 15) is 4.79 Å². The Kier molecular flexibility index (Phi) is 5.89. The molecule has 0 rings (SSSR count). The highest BCUT2D eigenvalue weighted by molar-refractivity contribution is 8.00. The van der Waals surface area contributed by atoms with Gasteiger partial charge in [-0.15, -0.1) is 18.3 Å². The Morgan fingerprint density at radius 1 is 1.67 bits per heavy atom. The van der Waals surface area contributed by atoms with Gasteiger partial charge in [-0.05, 0) is 18.1 Å². The summed E-state index contributed by atoms with van der Waals surface area (Å²) in [6.07, 6.45) is 2.69. The quantitative estimate of drug-likeness (QED) is 0.513. The predicted octanol–water partition coefficient (Wildman–Crippen LogP) is 2.40. The summed E-state index contributed by atoms with van der Waals surface area (Å²) in [6, 6.07) is 0. The summed E-state index contributed by atoms with van der Waals surface area (Å²) in [4.78, 5) is 10.7. The van der Waals surface area contributed by atoms with Gasteiger partial charge in [0.05, 0.1) is 0 Å². The molecule has 0 amide bonds. The van der Waals surface area contributed by atoms with E-state index in [1.165, 1.54) is 11.8 Å². The lowest BCUT2D eigenvalue weighted by molar-refractivity contribution is -0.137. The van der Waals surface area contributed by atoms with E-state index in [2.05, 4.69) is 6.58 Å². The second-order valence-electron chi connectivity index (χ2n) is 2.95. The van der Waals surface area contributed by atoms with E-state index in [4.69, 9.17) is 5.11 Å². The van der Waals surface area contributed by atoms with Gasteiger partial charge in [0, 0.05) is 0 Å². The Bertz CT molecular complexity index is 155. The van der Waals surface area contributed by atoms with Gasteiger partial charge in [0.15, 0.2) is 0 Å². The van der Waals surface area contributed by atoms with Gasteiger partial charge in [-0.3, -0.25) is 4.79 Å². The van der Waals surface area contributed by atoms with Gasteiger partial charge >= 0.3 is 5.97 Å². The normalized spacial score (nSPS) is 12.9. The Morgan fingerprint density at radius 2 is 2.25 bits per heavy atom. The number of rotatable bonds is 6. The molecule has 0 bridgehead atoms. The number of carboxylic acids is 1. The van der Waals surface area contributed by atoms with Crippen molar-refractivity contribution in [3.63, 3.8) is 0 Å². The molecule has 0 radical (unpaired) electrons. The summed E-state index contributed by atoms with van der Waals surface area (Å²) in [5.74, 6) is 0.329. The third-order valence-corrected chi connectivity index (χ3v) is 3.04. The summed E-state index contributed by atoms with van der Waals surface area (Å²) in [5.41, 5.74) is 0. The largest absolute Gasteiger partial charge is 0.480 e. The molecule has 1 atom stereocenters. The molecule has 0 fully saturated rings. The first-order valence-electron chi connectivity index (χ1n) is 4.05. The predicted molar refractivity (Wildman–Crippen MR) is 53.5 cm³/mol. The molecule has 0 aliphatic carbocycles. The molecule has 0 aromatic carbocycles. The van der Waals surface area contributed by atoms with Crippen molar-refractivity contribution in [3.05, 3.63) is 12.7 Å². The summed E-state index contributed by atoms with van der Waals surface area (Å²) in [5, 5.41) is 8.52. The zero-order valence-electron chi connectivity index (χ0n) is 7.62. The van der Waals surface area contributed by atoms with Crippen LogP contribution in [-0.2, 0) is 4.79 Å². The average molecular weight is 188 g/mol. The first kappa shape index (κ1) is 11.6. The number of hydrogen-bond donors (Lipinski definition) is 1. The molecule has 0 saturated carbocycles. The fourth-order valence-electron chi connectivity index (χ4n) is 0.827. The van der Waals surface area contributed by atoms with Crippen LogP contribution < -0.4 is 0 Å². The molecule has 1 unspecified atom stereocenters. The molecule has 0 spiro atoms. The maximum absolute atomic E-state index is 10.7. The lowest BCUT2D eigenvalue weighted by Gasteiger charge is -2.14. The van der Waals surface area contributed by atoms with Crippen LogP contribution in [0.5, 0.6) is 0 Å². The van der Waals surface area contributed by atoms with Gasteiger partial charge in [-0.2, -0.15) is 0 Å². The monoisotopic (exact) mass is 188 g/mol. The molecule has 0 aliphatic heterocycles. The molecule has 70 valence electrons. The zero-order chi connectivity index (χ0) is 9.56. The second kappa shape index (κ2) is 6.12. The number of allylic oxidation sites excluding steroid dienone is 1. The molecule has 0 heterocycles. The van der Waals surface area contributed by atoms with Crippen molar-refractivity contribution < 1.29 is 9.90 Å². The molecule has 0 aromatic heterocycles. The summed E-state index contributed by atoms with van der Waals surface area (Å²) < 4.78 is 0. The second-order valence-corrected chi connectivity index (χ2v) is 4.20. The SMILES string of the molecule is C=CCCSC(C(=O)O)C(C)C. The zero-order valence-corrected chi connectivity index (χ0v) is 8.43. The number of carbonyl (C=O) groups is 1. The van der Waals surface area contributed by atoms with Crippen molar-refractivity contribution in [2.75, 3.05) is 5.75 Å². The van der Waals surface area contributed by atoms with Gasteiger partial charge < -0.3 is 5.11 Å². The van der Waals surface area contributed by atoms with Crippen molar-refractivity contribution in [3.8, 4) is 0 Å². The van der Waals surface area contributed by atoms with Gasteiger partial charge in [0.25, 0.3) is 0 Å². The third-order valence-electron chi connectivity index (χ3n) is 1.47. The Labute approximate surface area is 78.0 Å². The highest BCUT2D eigenvalue weighted by Crippen LogP contribution is 2.20. The van der Waals surface area contributed by atoms with Crippen molar-refractivity contribution in [1.82, 2.24) is 0 Å². The third kappa shape index (κ3) is 4.44. The van der Waals surface area contributed by atoms with Gasteiger partial charge in [0.1, 0.15) is 5.25 Å². The topological polar surface area (TPSA) is 37.3 Å². The van der Waals surface area contributed by atoms with Crippen molar-refractivity contribution in [2.24, 2.45) is 5.92 Å². The maximum Gasteiger partial charge on any atom is 0.316 e. The fourth-order valence-corrected chi connectivity index (χ4v) is 1.91. The lowest BCUT2D eigenvalue weighted by Crippen LogP contribution is -2.22. The molecule has 12 heavy (non-hydrogen) atoms. The van der Waals surface area contributed by atoms with E-state index in [0.717, 1.165) is 12.2 Å². The van der Waals surface area contributed by atoms with Gasteiger partial charge in [-0.1, -0.05) is 19.9 Å². The smallest absolute Gasteiger partial charge is 0.316 e. The van der Waals surface area contributed by atoms with Crippen LogP contribution in [0.3, 0.4) is 0 Å². The van der Waals surface area contributed by atoms with E-state index >= 15 is 0 Å². The molecule has 2 nitrogen and oxygen atoms in total. The van der Waals surface area contributed by atoms with Crippen molar-refractivity contribution in [2.45, 2.75) is 25.5 Å². The highest BCUT2D eigenvalue weighted by Gasteiger charge is 2.20. The van der Waals surface area contributed by atoms with Crippen LogP contribution in [0.2, 0.25) is 0 Å². The van der Waals surface area contributed by atoms with E-state index < -0.39 is 5.97 Å². The standard InChI is InChI=1S/C9H16O2S/c1-4-5-6-12-8(7(2)3)9(10)11/h4,7-8H,1,5-6H2,2-3H3,(H,10,11). The van der Waals surface area contributed by atoms with Crippen LogP contribution in [0.1, 0.15) is 20.3 Å². The van der Waals surface area contributed by atoms with Crippen molar-refractivity contribution in [1.29, 1.82) is 0 Å². The van der Waals surface area contributed by atoms with E-state index in [1.807, 2.05) is 19.9 Å². The molecule has 0 saturated heterocycles. The van der Waals surface area contributed by atoms with Crippen LogP contribution in [0, 0.1) is 5.92 Å². The molecule has 3 heteroatoms. The molecular formula is C9H16O2S. The number of thioether (sulfide) groups is 1. The Hall–Kier alpha value is -0.440. The van der Waals surface area contributed by atoms with Crippen LogP contribution in [0.4, 0.5) is 0 Å². The first-order chi connectivity index (χ1) is 5.59. The summed E-state index contributed by atoms with van der Waals surface area (Å²) >= 11 is 1.49. The molecular weight excluding hydrogens is 172 g/mol. The van der Waals surface area contributed by atoms with E-state index in [1.54, 1.807) is 0 Å². The maximum atomic E-state index is 10.7. The molecule has 0 aliphatic rings. The van der Waals surface area contributed by atoms with E-state index in [-0.39, 0.29) is 11.2 Å². The van der Waals surface area contributed by atoms with Gasteiger partial charge in [-0.25, -0.2) is 0 Å². The average Bonchev–Trinajstić information content (AvgIpc) is 1.96. The minimum Gasteiger partial charge on any atom is -0.480 e. The summed E-state index contributed by atoms with van der Waals surface area (Å²) in [6.45, 7) is 7.45. The van der Waals surface area contributed by atoms with Crippen LogP contribution >= 0.6 is 11.8 Å². The number of carboxylic acid groups (broad SMARTS) is 1. The van der Waals surface area contributed by atoms with Crippen LogP contribution in [-0.4, -0.2) is 22.1 Å². The van der Waals surface area contributed by atoms with Crippen molar-refractivity contribution >= 4 is 17.7 Å². The lowest BCUT2D eigenvalue weighted by atomic mass is 10.1. The minimum absolute atomic E-state index is 0.192. The van der Waals surface area contributed by atoms with Gasteiger partial charge in [0.2, 0.25) is 0 Å². The molecule has 1 N–H and O–H groups in total. The molecule has 0 aromatic rings. The van der Waals surface area contributed by atoms with E-state index in [0.29, 0.717) is 0 Å². The Morgan fingerprint density at radius 3 is 2.58 bits per heavy atom. The van der Waals surface area contributed by atoms with Crippen LogP contribution in [0.15, 0.2) is 12.7 Å². The summed E-state index contributed by atoms with van der Waals surface area (Å²) in [7, 11) is 0.